The number of nitrogens with zero attached hydrogens (tertiary/aromatic N) is 1. The number of hydrogen-bond donors (Lipinski definition) is 1. The van der Waals surface area contributed by atoms with Crippen LogP contribution in [0, 0.1) is 11.3 Å². The van der Waals surface area contributed by atoms with Crippen LogP contribution in [0.1, 0.15) is 22.6 Å². The lowest BCUT2D eigenvalue weighted by Crippen LogP contribution is -2.21. The van der Waals surface area contributed by atoms with Crippen molar-refractivity contribution in [2.24, 2.45) is 5.73 Å². The summed E-state index contributed by atoms with van der Waals surface area (Å²) in [6, 6.07) is 19.4. The van der Waals surface area contributed by atoms with Crippen molar-refractivity contribution in [1.82, 2.24) is 0 Å². The third-order valence-electron chi connectivity index (χ3n) is 5.52. The molecule has 166 valence electrons. The standard InChI is InChI=1S/C25H19BrN2O5/c1-29-22-8-15(7-18(26)24(22)30-12-14-5-3-2-4-6-14)23-16-9-20-21(32-13-31-20)10-19(16)33-25(28)17(23)11-27/h2-10,23H,12-13,28H2,1H3/t23-/m0/s1. The number of halogens is 1. The molecular formula is C25H19BrN2O5. The number of allylic oxidation sites excluding steroid dienone is 1. The molecule has 0 amide bonds. The maximum absolute atomic E-state index is 9.88. The molecule has 0 unspecified atom stereocenters. The Hall–Kier alpha value is -3.83. The average molecular weight is 507 g/mol. The van der Waals surface area contributed by atoms with E-state index in [0.717, 1.165) is 16.7 Å². The van der Waals surface area contributed by atoms with Crippen LogP contribution in [0.15, 0.2) is 70.5 Å². The van der Waals surface area contributed by atoms with Crippen LogP contribution in [0.5, 0.6) is 28.7 Å². The highest BCUT2D eigenvalue weighted by Gasteiger charge is 2.34. The first-order valence-corrected chi connectivity index (χ1v) is 10.9. The first kappa shape index (κ1) is 21.0. The quantitative estimate of drug-likeness (QED) is 0.520. The van der Waals surface area contributed by atoms with Gasteiger partial charge in [0.2, 0.25) is 12.7 Å². The molecule has 33 heavy (non-hydrogen) atoms. The maximum atomic E-state index is 9.88. The van der Waals surface area contributed by atoms with Gasteiger partial charge in [0, 0.05) is 11.6 Å². The van der Waals surface area contributed by atoms with Gasteiger partial charge in [-0.1, -0.05) is 30.3 Å². The Bertz CT molecular complexity index is 1300. The van der Waals surface area contributed by atoms with Gasteiger partial charge >= 0.3 is 0 Å². The van der Waals surface area contributed by atoms with Crippen LogP contribution in [0.4, 0.5) is 0 Å². The van der Waals surface area contributed by atoms with E-state index in [4.69, 9.17) is 29.4 Å². The normalized spacial score (nSPS) is 16.0. The molecule has 0 aliphatic carbocycles. The third kappa shape index (κ3) is 3.81. The molecular weight excluding hydrogens is 488 g/mol. The van der Waals surface area contributed by atoms with E-state index in [1.165, 1.54) is 0 Å². The Kier molecular flexibility index (Phi) is 5.48. The molecule has 5 rings (SSSR count). The van der Waals surface area contributed by atoms with E-state index in [9.17, 15) is 5.26 Å². The molecule has 0 radical (unpaired) electrons. The Labute approximate surface area is 199 Å². The molecule has 0 bridgehead atoms. The minimum Gasteiger partial charge on any atom is -0.493 e. The van der Waals surface area contributed by atoms with Crippen molar-refractivity contribution in [2.45, 2.75) is 12.5 Å². The molecule has 0 saturated carbocycles. The van der Waals surface area contributed by atoms with E-state index in [-0.39, 0.29) is 12.7 Å². The van der Waals surface area contributed by atoms with Gasteiger partial charge in [0.15, 0.2) is 23.0 Å². The summed E-state index contributed by atoms with van der Waals surface area (Å²) in [5, 5.41) is 9.88. The number of methoxy groups -OCH3 is 1. The van der Waals surface area contributed by atoms with Gasteiger partial charge < -0.3 is 29.4 Å². The molecule has 7 nitrogen and oxygen atoms in total. The Morgan fingerprint density at radius 1 is 1.09 bits per heavy atom. The summed E-state index contributed by atoms with van der Waals surface area (Å²) in [5.74, 6) is 2.34. The molecule has 0 aromatic heterocycles. The third-order valence-corrected chi connectivity index (χ3v) is 6.11. The first-order chi connectivity index (χ1) is 16.1. The highest BCUT2D eigenvalue weighted by atomic mass is 79.9. The van der Waals surface area contributed by atoms with Crippen LogP contribution in [0.25, 0.3) is 0 Å². The SMILES string of the molecule is COc1cc([C@@H]2C(C#N)=C(N)Oc3cc4c(cc32)OCO4)cc(Br)c1OCc1ccccc1. The summed E-state index contributed by atoms with van der Waals surface area (Å²) < 4.78 is 29.1. The lowest BCUT2D eigenvalue weighted by atomic mass is 9.83. The zero-order valence-electron chi connectivity index (χ0n) is 17.6. The monoisotopic (exact) mass is 506 g/mol. The molecule has 2 aliphatic rings. The van der Waals surface area contributed by atoms with E-state index < -0.39 is 5.92 Å². The number of rotatable bonds is 5. The van der Waals surface area contributed by atoms with Crippen molar-refractivity contribution in [3.8, 4) is 34.8 Å². The zero-order chi connectivity index (χ0) is 22.9. The molecule has 3 aromatic rings. The second-order valence-electron chi connectivity index (χ2n) is 7.48. The summed E-state index contributed by atoms with van der Waals surface area (Å²) >= 11 is 3.61. The van der Waals surface area contributed by atoms with Gasteiger partial charge in [0.1, 0.15) is 24.0 Å². The summed E-state index contributed by atoms with van der Waals surface area (Å²) in [7, 11) is 1.58. The fraction of sp³-hybridized carbons (Fsp3) is 0.160. The van der Waals surface area contributed by atoms with Crippen molar-refractivity contribution in [3.05, 3.63) is 87.2 Å². The number of ether oxygens (including phenoxy) is 5. The van der Waals surface area contributed by atoms with Crippen LogP contribution < -0.4 is 29.4 Å². The highest BCUT2D eigenvalue weighted by Crippen LogP contribution is 2.50. The van der Waals surface area contributed by atoms with Gasteiger partial charge in [-0.3, -0.25) is 0 Å². The van der Waals surface area contributed by atoms with Gasteiger partial charge in [-0.05, 0) is 45.3 Å². The largest absolute Gasteiger partial charge is 0.493 e. The van der Waals surface area contributed by atoms with Gasteiger partial charge in [0.05, 0.1) is 17.5 Å². The summed E-state index contributed by atoms with van der Waals surface area (Å²) in [6.45, 7) is 0.513. The van der Waals surface area contributed by atoms with Crippen LogP contribution >= 0.6 is 15.9 Å². The molecule has 0 saturated heterocycles. The lowest BCUT2D eigenvalue weighted by molar-refractivity contribution is 0.174. The fourth-order valence-electron chi connectivity index (χ4n) is 3.97. The molecule has 0 fully saturated rings. The highest BCUT2D eigenvalue weighted by molar-refractivity contribution is 9.10. The van der Waals surface area contributed by atoms with E-state index in [1.54, 1.807) is 13.2 Å². The predicted molar refractivity (Wildman–Crippen MR) is 123 cm³/mol. The minimum atomic E-state index is -0.485. The van der Waals surface area contributed by atoms with Crippen LogP contribution in [0.3, 0.4) is 0 Å². The molecule has 3 aromatic carbocycles. The van der Waals surface area contributed by atoms with Crippen molar-refractivity contribution in [2.75, 3.05) is 13.9 Å². The van der Waals surface area contributed by atoms with E-state index >= 15 is 0 Å². The van der Waals surface area contributed by atoms with Gasteiger partial charge in [-0.2, -0.15) is 5.26 Å². The molecule has 2 N–H and O–H groups in total. The zero-order valence-corrected chi connectivity index (χ0v) is 19.2. The predicted octanol–water partition coefficient (Wildman–Crippen LogP) is 4.98. The van der Waals surface area contributed by atoms with E-state index in [0.29, 0.717) is 45.4 Å². The van der Waals surface area contributed by atoms with Crippen LogP contribution in [0.2, 0.25) is 0 Å². The number of hydrogen-bond acceptors (Lipinski definition) is 7. The van der Waals surface area contributed by atoms with Gasteiger partial charge in [-0.25, -0.2) is 0 Å². The van der Waals surface area contributed by atoms with E-state index in [2.05, 4.69) is 22.0 Å². The smallest absolute Gasteiger partial charge is 0.231 e. The second-order valence-corrected chi connectivity index (χ2v) is 8.33. The first-order valence-electron chi connectivity index (χ1n) is 10.1. The lowest BCUT2D eigenvalue weighted by Gasteiger charge is -2.27. The summed E-state index contributed by atoms with van der Waals surface area (Å²) in [6.07, 6.45) is 0. The number of fused-ring (bicyclic) bond motifs is 2. The van der Waals surface area contributed by atoms with Crippen molar-refractivity contribution in [1.29, 1.82) is 5.26 Å². The van der Waals surface area contributed by atoms with Crippen molar-refractivity contribution >= 4 is 15.9 Å². The summed E-state index contributed by atoms with van der Waals surface area (Å²) in [5.41, 5.74) is 8.99. The van der Waals surface area contributed by atoms with Crippen LogP contribution in [-0.4, -0.2) is 13.9 Å². The molecule has 2 heterocycles. The second kappa shape index (κ2) is 8.60. The maximum Gasteiger partial charge on any atom is 0.231 e. The number of nitriles is 1. The molecule has 8 heteroatoms. The number of nitrogens with two attached hydrogens (primary N) is 1. The van der Waals surface area contributed by atoms with Gasteiger partial charge in [0.25, 0.3) is 0 Å². The Morgan fingerprint density at radius 3 is 2.58 bits per heavy atom. The van der Waals surface area contributed by atoms with Gasteiger partial charge in [-0.15, -0.1) is 0 Å². The topological polar surface area (TPSA) is 96.0 Å². The van der Waals surface area contributed by atoms with Crippen molar-refractivity contribution in [3.63, 3.8) is 0 Å². The fourth-order valence-corrected chi connectivity index (χ4v) is 4.54. The minimum absolute atomic E-state index is 0.0494. The van der Waals surface area contributed by atoms with E-state index in [1.807, 2.05) is 48.5 Å². The molecule has 2 aliphatic heterocycles. The Balaban J connectivity index is 1.57. The van der Waals surface area contributed by atoms with Crippen molar-refractivity contribution < 1.29 is 23.7 Å². The Morgan fingerprint density at radius 2 is 1.85 bits per heavy atom. The summed E-state index contributed by atoms with van der Waals surface area (Å²) in [4.78, 5) is 0. The average Bonchev–Trinajstić information content (AvgIpc) is 3.28. The number of benzene rings is 3. The molecule has 0 spiro atoms. The van der Waals surface area contributed by atoms with Crippen LogP contribution in [-0.2, 0) is 6.61 Å². The molecule has 1 atom stereocenters.